The third-order valence-corrected chi connectivity index (χ3v) is 4.42. The lowest BCUT2D eigenvalue weighted by atomic mass is 9.96. The van der Waals surface area contributed by atoms with Gasteiger partial charge in [0.2, 0.25) is 5.91 Å². The van der Waals surface area contributed by atoms with Crippen LogP contribution in [0.25, 0.3) is 0 Å². The number of hydrogen-bond donors (Lipinski definition) is 2. The Kier molecular flexibility index (Phi) is 4.28. The fourth-order valence-corrected chi connectivity index (χ4v) is 2.96. The number of H-pyrrole nitrogens is 1. The third kappa shape index (κ3) is 3.67. The molecule has 0 radical (unpaired) electrons. The van der Waals surface area contributed by atoms with Crippen molar-refractivity contribution in [2.45, 2.75) is 57.0 Å². The van der Waals surface area contributed by atoms with Gasteiger partial charge in [-0.05, 0) is 37.3 Å². The number of nitrogens with one attached hydrogen (secondary N) is 2. The predicted octanol–water partition coefficient (Wildman–Crippen LogP) is 2.55. The minimum atomic E-state index is -0.466. The lowest BCUT2D eigenvalue weighted by molar-refractivity contribution is -0.116. The van der Waals surface area contributed by atoms with E-state index in [-0.39, 0.29) is 17.9 Å². The molecule has 1 amide bonds. The second-order valence-corrected chi connectivity index (χ2v) is 6.16. The highest BCUT2D eigenvalue weighted by molar-refractivity contribution is 5.90. The van der Waals surface area contributed by atoms with Crippen molar-refractivity contribution in [1.82, 2.24) is 4.98 Å². The Hall–Kier alpha value is -2.42. The van der Waals surface area contributed by atoms with Gasteiger partial charge in [0.1, 0.15) is 5.69 Å². The van der Waals surface area contributed by atoms with E-state index in [0.29, 0.717) is 24.9 Å². The van der Waals surface area contributed by atoms with Crippen LogP contribution in [0, 0.1) is 12.3 Å². The lowest BCUT2D eigenvalue weighted by Gasteiger charge is -2.16. The first-order chi connectivity index (χ1) is 11.1. The van der Waals surface area contributed by atoms with E-state index in [1.54, 1.807) is 0 Å². The minimum absolute atomic E-state index is 0.191. The van der Waals surface area contributed by atoms with Crippen LogP contribution in [0.4, 0.5) is 5.69 Å². The van der Waals surface area contributed by atoms with Gasteiger partial charge >= 0.3 is 0 Å². The smallest absolute Gasteiger partial charge is 0.271 e. The molecule has 0 saturated heterocycles. The van der Waals surface area contributed by atoms with Crippen molar-refractivity contribution in [3.8, 4) is 12.3 Å². The molecule has 0 aromatic carbocycles. The van der Waals surface area contributed by atoms with Crippen molar-refractivity contribution >= 4 is 11.6 Å². The first-order valence-corrected chi connectivity index (χ1v) is 8.04. The minimum Gasteiger partial charge on any atom is -0.324 e. The second kappa shape index (κ2) is 6.37. The number of aromatic nitrogens is 1. The molecule has 120 valence electrons. The zero-order chi connectivity index (χ0) is 16.3. The zero-order valence-corrected chi connectivity index (χ0v) is 13.0. The molecule has 3 rings (SSSR count). The highest BCUT2D eigenvalue weighted by Gasteiger charge is 2.39. The average molecular weight is 312 g/mol. The number of terminal acetylenes is 1. The van der Waals surface area contributed by atoms with E-state index in [1.165, 1.54) is 0 Å². The Labute approximate surface area is 134 Å². The maximum absolute atomic E-state index is 12.1. The van der Waals surface area contributed by atoms with E-state index < -0.39 is 5.66 Å². The summed E-state index contributed by atoms with van der Waals surface area (Å²) in [6, 6.07) is 1.81. The van der Waals surface area contributed by atoms with Crippen LogP contribution in [0.5, 0.6) is 0 Å². The van der Waals surface area contributed by atoms with Gasteiger partial charge in [-0.2, -0.15) is 10.2 Å². The number of amides is 1. The largest absolute Gasteiger partial charge is 0.324 e. The molecule has 2 aliphatic rings. The number of carbonyl (C=O) groups excluding carboxylic acids is 1. The van der Waals surface area contributed by atoms with E-state index in [4.69, 9.17) is 6.42 Å². The normalized spacial score (nSPS) is 17.2. The number of pyridine rings is 1. The van der Waals surface area contributed by atoms with Crippen molar-refractivity contribution in [2.24, 2.45) is 10.2 Å². The second-order valence-electron chi connectivity index (χ2n) is 6.16. The number of nitrogens with zero attached hydrogens (tertiary/aromatic N) is 2. The van der Waals surface area contributed by atoms with E-state index >= 15 is 0 Å². The fourth-order valence-electron chi connectivity index (χ4n) is 2.96. The SMILES string of the molecule is C#CCCC1(CCC(=O)Nc2cc3c([nH]c2=O)CCCC3)N=N1. The Morgan fingerprint density at radius 1 is 1.35 bits per heavy atom. The fraction of sp³-hybridized carbons (Fsp3) is 0.529. The topological polar surface area (TPSA) is 86.7 Å². The molecule has 0 spiro atoms. The number of fused-ring (bicyclic) bond motifs is 1. The van der Waals surface area contributed by atoms with Crippen LogP contribution in [-0.2, 0) is 17.6 Å². The van der Waals surface area contributed by atoms with Gasteiger partial charge in [0.05, 0.1) is 0 Å². The maximum Gasteiger partial charge on any atom is 0.271 e. The molecule has 1 aliphatic heterocycles. The van der Waals surface area contributed by atoms with Crippen LogP contribution >= 0.6 is 0 Å². The summed E-state index contributed by atoms with van der Waals surface area (Å²) in [5.41, 5.74) is 1.76. The van der Waals surface area contributed by atoms with Crippen LogP contribution < -0.4 is 10.9 Å². The zero-order valence-electron chi connectivity index (χ0n) is 13.0. The van der Waals surface area contributed by atoms with Gasteiger partial charge < -0.3 is 10.3 Å². The van der Waals surface area contributed by atoms with Crippen LogP contribution in [0.1, 0.15) is 49.8 Å². The summed E-state index contributed by atoms with van der Waals surface area (Å²) in [5.74, 6) is 2.37. The average Bonchev–Trinajstić information content (AvgIpc) is 3.32. The van der Waals surface area contributed by atoms with Crippen molar-refractivity contribution in [3.05, 3.63) is 27.7 Å². The van der Waals surface area contributed by atoms with Gasteiger partial charge in [-0.1, -0.05) is 0 Å². The number of anilines is 1. The predicted molar refractivity (Wildman–Crippen MR) is 87.2 cm³/mol. The summed E-state index contributed by atoms with van der Waals surface area (Å²) in [5, 5.41) is 10.7. The van der Waals surface area contributed by atoms with Crippen molar-refractivity contribution in [1.29, 1.82) is 0 Å². The quantitative estimate of drug-likeness (QED) is 0.791. The number of aryl methyl sites for hydroxylation is 2. The number of carbonyl (C=O) groups is 1. The van der Waals surface area contributed by atoms with E-state index in [0.717, 1.165) is 36.9 Å². The molecule has 2 heterocycles. The number of hydrogen-bond acceptors (Lipinski definition) is 4. The molecule has 1 aromatic heterocycles. The number of rotatable bonds is 6. The number of aromatic amines is 1. The Morgan fingerprint density at radius 3 is 2.87 bits per heavy atom. The van der Waals surface area contributed by atoms with Gasteiger partial charge in [0.15, 0.2) is 5.66 Å². The molecule has 6 heteroatoms. The van der Waals surface area contributed by atoms with Crippen molar-refractivity contribution in [3.63, 3.8) is 0 Å². The van der Waals surface area contributed by atoms with Crippen molar-refractivity contribution in [2.75, 3.05) is 5.32 Å². The van der Waals surface area contributed by atoms with Crippen LogP contribution in [0.15, 0.2) is 21.1 Å². The summed E-state index contributed by atoms with van der Waals surface area (Å²) in [6.07, 6.45) is 11.4. The Balaban J connectivity index is 1.58. The van der Waals surface area contributed by atoms with Crippen molar-refractivity contribution < 1.29 is 4.79 Å². The van der Waals surface area contributed by atoms with Crippen LogP contribution in [-0.4, -0.2) is 16.6 Å². The molecule has 0 unspecified atom stereocenters. The van der Waals surface area contributed by atoms with Gasteiger partial charge in [-0.3, -0.25) is 9.59 Å². The highest BCUT2D eigenvalue weighted by atomic mass is 16.2. The van der Waals surface area contributed by atoms with Gasteiger partial charge in [0.25, 0.3) is 5.56 Å². The van der Waals surface area contributed by atoms with E-state index in [9.17, 15) is 9.59 Å². The summed E-state index contributed by atoms with van der Waals surface area (Å²) in [7, 11) is 0. The molecule has 6 nitrogen and oxygen atoms in total. The molecule has 2 N–H and O–H groups in total. The Morgan fingerprint density at radius 2 is 2.13 bits per heavy atom. The first kappa shape index (κ1) is 15.5. The van der Waals surface area contributed by atoms with Gasteiger partial charge in [0, 0.05) is 31.4 Å². The van der Waals surface area contributed by atoms with Gasteiger partial charge in [-0.15, -0.1) is 12.3 Å². The van der Waals surface area contributed by atoms with E-state index in [2.05, 4.69) is 26.4 Å². The summed E-state index contributed by atoms with van der Waals surface area (Å²) >= 11 is 0. The van der Waals surface area contributed by atoms with E-state index in [1.807, 2.05) is 6.07 Å². The first-order valence-electron chi connectivity index (χ1n) is 8.04. The molecule has 1 aromatic rings. The monoisotopic (exact) mass is 312 g/mol. The summed E-state index contributed by atoms with van der Waals surface area (Å²) in [4.78, 5) is 27.0. The molecule has 1 aliphatic carbocycles. The molecular weight excluding hydrogens is 292 g/mol. The van der Waals surface area contributed by atoms with Crippen LogP contribution in [0.3, 0.4) is 0 Å². The molecule has 0 fully saturated rings. The van der Waals surface area contributed by atoms with Gasteiger partial charge in [-0.25, -0.2) is 0 Å². The van der Waals surface area contributed by atoms with Crippen LogP contribution in [0.2, 0.25) is 0 Å². The summed E-state index contributed by atoms with van der Waals surface area (Å²) < 4.78 is 0. The molecule has 0 saturated carbocycles. The maximum atomic E-state index is 12.1. The lowest BCUT2D eigenvalue weighted by Crippen LogP contribution is -2.24. The molecule has 23 heavy (non-hydrogen) atoms. The molecule has 0 bridgehead atoms. The third-order valence-electron chi connectivity index (χ3n) is 4.42. The molecule has 0 atom stereocenters. The molecular formula is C17H20N4O2. The highest BCUT2D eigenvalue weighted by Crippen LogP contribution is 2.37. The standard InChI is InChI=1S/C17H20N4O2/c1-2-3-9-17(20-21-17)10-8-15(22)18-14-11-12-6-4-5-7-13(12)19-16(14)23/h1,11H,3-10H2,(H,18,22)(H,19,23). The Bertz CT molecular complexity index is 736. The summed E-state index contributed by atoms with van der Waals surface area (Å²) in [6.45, 7) is 0.